The summed E-state index contributed by atoms with van der Waals surface area (Å²) in [7, 11) is 0. The van der Waals surface area contributed by atoms with Gasteiger partial charge in [-0.05, 0) is 67.0 Å². The van der Waals surface area contributed by atoms with Crippen LogP contribution in [0.2, 0.25) is 0 Å². The Hall–Kier alpha value is -1.75. The molecule has 0 spiro atoms. The standard InChI is InChI=1S/C21H25F3O2/c1-3-14-4-8-17(9-5-14)26-19-11-7-16-12-15(13(2)25)6-10-18(16)20(19)21(22,23)24/h6-7,10-14,17,25H,3-5,8-9H2,1-2H3. The normalized spacial score (nSPS) is 22.4. The van der Waals surface area contributed by atoms with Gasteiger partial charge in [-0.25, -0.2) is 0 Å². The lowest BCUT2D eigenvalue weighted by Gasteiger charge is -2.29. The van der Waals surface area contributed by atoms with E-state index in [4.69, 9.17) is 4.74 Å². The van der Waals surface area contributed by atoms with Gasteiger partial charge in [-0.15, -0.1) is 0 Å². The summed E-state index contributed by atoms with van der Waals surface area (Å²) in [5, 5.41) is 10.2. The maximum atomic E-state index is 13.8. The summed E-state index contributed by atoms with van der Waals surface area (Å²) >= 11 is 0. The molecule has 3 rings (SSSR count). The molecule has 142 valence electrons. The van der Waals surface area contributed by atoms with Crippen LogP contribution in [0.15, 0.2) is 30.3 Å². The van der Waals surface area contributed by atoms with Crippen molar-refractivity contribution in [2.75, 3.05) is 0 Å². The van der Waals surface area contributed by atoms with Gasteiger partial charge in [0.25, 0.3) is 0 Å². The van der Waals surface area contributed by atoms with Gasteiger partial charge in [0.05, 0.1) is 12.2 Å². The van der Waals surface area contributed by atoms with Crippen LogP contribution in [0.5, 0.6) is 5.75 Å². The van der Waals surface area contributed by atoms with Crippen molar-refractivity contribution < 1.29 is 23.0 Å². The summed E-state index contributed by atoms with van der Waals surface area (Å²) in [4.78, 5) is 0. The second-order valence-corrected chi connectivity index (χ2v) is 7.26. The fraction of sp³-hybridized carbons (Fsp3) is 0.524. The van der Waals surface area contributed by atoms with E-state index in [1.165, 1.54) is 12.1 Å². The van der Waals surface area contributed by atoms with E-state index >= 15 is 0 Å². The van der Waals surface area contributed by atoms with E-state index in [9.17, 15) is 18.3 Å². The molecule has 5 heteroatoms. The van der Waals surface area contributed by atoms with Crippen LogP contribution in [0.25, 0.3) is 10.8 Å². The van der Waals surface area contributed by atoms with E-state index < -0.39 is 17.8 Å². The Kier molecular flexibility index (Phi) is 5.47. The van der Waals surface area contributed by atoms with Crippen LogP contribution in [0.1, 0.15) is 63.2 Å². The van der Waals surface area contributed by atoms with E-state index in [0.717, 1.165) is 32.1 Å². The summed E-state index contributed by atoms with van der Waals surface area (Å²) in [5.74, 6) is 0.571. The molecule has 0 saturated heterocycles. The summed E-state index contributed by atoms with van der Waals surface area (Å²) in [5.41, 5.74) is -0.123. The molecule has 2 nitrogen and oxygen atoms in total. The van der Waals surface area contributed by atoms with Gasteiger partial charge in [0, 0.05) is 0 Å². The van der Waals surface area contributed by atoms with E-state index in [-0.39, 0.29) is 17.2 Å². The fourth-order valence-electron chi connectivity index (χ4n) is 3.82. The van der Waals surface area contributed by atoms with Crippen molar-refractivity contribution >= 4 is 10.8 Å². The third-order valence-electron chi connectivity index (χ3n) is 5.44. The molecule has 0 radical (unpaired) electrons. The highest BCUT2D eigenvalue weighted by molar-refractivity contribution is 5.89. The molecule has 1 fully saturated rings. The third kappa shape index (κ3) is 3.98. The molecule has 0 aromatic heterocycles. The number of hydrogen-bond acceptors (Lipinski definition) is 2. The van der Waals surface area contributed by atoms with Gasteiger partial charge in [-0.3, -0.25) is 0 Å². The Morgan fingerprint density at radius 1 is 1.12 bits per heavy atom. The molecule has 0 amide bonds. The van der Waals surface area contributed by atoms with Gasteiger partial charge in [0.15, 0.2) is 0 Å². The van der Waals surface area contributed by atoms with Crippen molar-refractivity contribution in [2.24, 2.45) is 5.92 Å². The predicted molar refractivity (Wildman–Crippen MR) is 96.2 cm³/mol. The van der Waals surface area contributed by atoms with Crippen molar-refractivity contribution in [3.8, 4) is 5.75 Å². The van der Waals surface area contributed by atoms with Gasteiger partial charge < -0.3 is 9.84 Å². The molecule has 1 aliphatic carbocycles. The summed E-state index contributed by atoms with van der Waals surface area (Å²) in [6.07, 6.45) is -0.651. The van der Waals surface area contributed by atoms with Crippen LogP contribution in [-0.4, -0.2) is 11.2 Å². The van der Waals surface area contributed by atoms with Gasteiger partial charge in [0.1, 0.15) is 11.3 Å². The smallest absolute Gasteiger partial charge is 0.420 e. The Labute approximate surface area is 152 Å². The van der Waals surface area contributed by atoms with Crippen LogP contribution in [0.4, 0.5) is 13.2 Å². The van der Waals surface area contributed by atoms with Crippen molar-refractivity contribution in [3.63, 3.8) is 0 Å². The summed E-state index contributed by atoms with van der Waals surface area (Å²) < 4.78 is 47.2. The molecule has 26 heavy (non-hydrogen) atoms. The Morgan fingerprint density at radius 2 is 1.81 bits per heavy atom. The number of aliphatic hydroxyl groups excluding tert-OH is 1. The first-order chi connectivity index (χ1) is 12.3. The van der Waals surface area contributed by atoms with Crippen molar-refractivity contribution in [1.82, 2.24) is 0 Å². The number of ether oxygens (including phenoxy) is 1. The number of aliphatic hydroxyl groups is 1. The molecule has 1 atom stereocenters. The molecule has 1 unspecified atom stereocenters. The molecular formula is C21H25F3O2. The number of fused-ring (bicyclic) bond motifs is 1. The van der Waals surface area contributed by atoms with Crippen molar-refractivity contribution in [2.45, 2.75) is 64.3 Å². The van der Waals surface area contributed by atoms with Crippen LogP contribution < -0.4 is 4.74 Å². The Morgan fingerprint density at radius 3 is 2.38 bits per heavy atom. The van der Waals surface area contributed by atoms with Crippen molar-refractivity contribution in [3.05, 3.63) is 41.5 Å². The second-order valence-electron chi connectivity index (χ2n) is 7.26. The highest BCUT2D eigenvalue weighted by atomic mass is 19.4. The van der Waals surface area contributed by atoms with Gasteiger partial charge in [-0.1, -0.05) is 31.5 Å². The van der Waals surface area contributed by atoms with Crippen LogP contribution in [-0.2, 0) is 6.18 Å². The zero-order valence-electron chi connectivity index (χ0n) is 15.1. The lowest BCUT2D eigenvalue weighted by molar-refractivity contribution is -0.138. The monoisotopic (exact) mass is 366 g/mol. The fourth-order valence-corrected chi connectivity index (χ4v) is 3.82. The largest absolute Gasteiger partial charge is 0.490 e. The Balaban J connectivity index is 1.96. The maximum absolute atomic E-state index is 13.8. The van der Waals surface area contributed by atoms with Crippen LogP contribution >= 0.6 is 0 Å². The average Bonchev–Trinajstić information content (AvgIpc) is 2.60. The van der Waals surface area contributed by atoms with E-state index in [1.54, 1.807) is 25.1 Å². The molecule has 0 bridgehead atoms. The summed E-state index contributed by atoms with van der Waals surface area (Å²) in [6.45, 7) is 3.74. The number of halogens is 3. The summed E-state index contributed by atoms with van der Waals surface area (Å²) in [6, 6.07) is 7.64. The maximum Gasteiger partial charge on any atom is 0.420 e. The minimum atomic E-state index is -4.50. The average molecular weight is 366 g/mol. The van der Waals surface area contributed by atoms with Gasteiger partial charge >= 0.3 is 6.18 Å². The van der Waals surface area contributed by atoms with Crippen LogP contribution in [0.3, 0.4) is 0 Å². The topological polar surface area (TPSA) is 29.5 Å². The second kappa shape index (κ2) is 7.47. The molecule has 1 aliphatic rings. The molecule has 1 saturated carbocycles. The molecule has 0 heterocycles. The van der Waals surface area contributed by atoms with Gasteiger partial charge in [-0.2, -0.15) is 13.2 Å². The molecule has 2 aromatic rings. The third-order valence-corrected chi connectivity index (χ3v) is 5.44. The highest BCUT2D eigenvalue weighted by Crippen LogP contribution is 2.43. The molecule has 0 aliphatic heterocycles. The zero-order valence-corrected chi connectivity index (χ0v) is 15.1. The lowest BCUT2D eigenvalue weighted by Crippen LogP contribution is -2.25. The first-order valence-electron chi connectivity index (χ1n) is 9.28. The SMILES string of the molecule is CCC1CCC(Oc2ccc3cc(C(C)O)ccc3c2C(F)(F)F)CC1. The number of benzene rings is 2. The van der Waals surface area contributed by atoms with Crippen molar-refractivity contribution in [1.29, 1.82) is 0 Å². The number of rotatable bonds is 4. The van der Waals surface area contributed by atoms with E-state index in [0.29, 0.717) is 16.9 Å². The van der Waals surface area contributed by atoms with Crippen LogP contribution in [0, 0.1) is 5.92 Å². The number of hydrogen-bond donors (Lipinski definition) is 1. The minimum Gasteiger partial charge on any atom is -0.490 e. The minimum absolute atomic E-state index is 0.0882. The predicted octanol–water partition coefficient (Wildman–Crippen LogP) is 6.26. The zero-order chi connectivity index (χ0) is 18.9. The Bertz CT molecular complexity index is 760. The quantitative estimate of drug-likeness (QED) is 0.692. The molecular weight excluding hydrogens is 341 g/mol. The van der Waals surface area contributed by atoms with E-state index in [1.807, 2.05) is 0 Å². The molecule has 2 aromatic carbocycles. The number of alkyl halides is 3. The first-order valence-corrected chi connectivity index (χ1v) is 9.28. The van der Waals surface area contributed by atoms with Gasteiger partial charge in [0.2, 0.25) is 0 Å². The van der Waals surface area contributed by atoms with E-state index in [2.05, 4.69) is 6.92 Å². The lowest BCUT2D eigenvalue weighted by atomic mass is 9.86. The first kappa shape index (κ1) is 19.0. The molecule has 1 N–H and O–H groups in total. The highest BCUT2D eigenvalue weighted by Gasteiger charge is 2.37.